The summed E-state index contributed by atoms with van der Waals surface area (Å²) in [5.74, 6) is -0.312. The second-order valence-electron chi connectivity index (χ2n) is 3.92. The Labute approximate surface area is 93.1 Å². The van der Waals surface area contributed by atoms with Gasteiger partial charge in [0.2, 0.25) is 0 Å². The van der Waals surface area contributed by atoms with Gasteiger partial charge in [-0.05, 0) is 32.0 Å². The minimum atomic E-state index is -0.712. The minimum absolute atomic E-state index is 0.312. The van der Waals surface area contributed by atoms with E-state index in [9.17, 15) is 9.50 Å². The summed E-state index contributed by atoms with van der Waals surface area (Å²) < 4.78 is 13.7. The molecule has 1 atom stereocenters. The molecule has 0 saturated heterocycles. The fourth-order valence-corrected chi connectivity index (χ4v) is 2.08. The molecule has 16 heavy (non-hydrogen) atoms. The fourth-order valence-electron chi connectivity index (χ4n) is 2.08. The van der Waals surface area contributed by atoms with E-state index in [0.29, 0.717) is 29.4 Å². The summed E-state index contributed by atoms with van der Waals surface area (Å²) in [6.45, 7) is 2.20. The molecule has 0 aliphatic rings. The Hall–Kier alpha value is -1.39. The molecule has 0 spiro atoms. The van der Waals surface area contributed by atoms with Crippen molar-refractivity contribution in [1.29, 1.82) is 0 Å². The molecule has 0 aliphatic carbocycles. The van der Waals surface area contributed by atoms with Crippen LogP contribution in [0.3, 0.4) is 0 Å². The second-order valence-corrected chi connectivity index (χ2v) is 3.92. The normalized spacial score (nSPS) is 13.2. The number of hydrogen-bond acceptors (Lipinski definition) is 2. The number of H-pyrrole nitrogens is 1. The van der Waals surface area contributed by atoms with Gasteiger partial charge in [-0.1, -0.05) is 6.07 Å². The summed E-state index contributed by atoms with van der Waals surface area (Å²) in [5, 5.41) is 10.4. The standard InChI is InChI=1S/C12H15FN2O/c1-7-11(10(16)5-6-14)12-8(13)3-2-4-9(12)15-7/h2-4,10,15-16H,5-6,14H2,1H3. The van der Waals surface area contributed by atoms with Crippen LogP contribution in [0.25, 0.3) is 10.9 Å². The molecule has 0 radical (unpaired) electrons. The zero-order valence-electron chi connectivity index (χ0n) is 9.13. The highest BCUT2D eigenvalue weighted by Crippen LogP contribution is 2.31. The third-order valence-electron chi connectivity index (χ3n) is 2.78. The maximum atomic E-state index is 13.7. The van der Waals surface area contributed by atoms with E-state index in [1.165, 1.54) is 6.07 Å². The summed E-state index contributed by atoms with van der Waals surface area (Å²) in [4.78, 5) is 3.07. The highest BCUT2D eigenvalue weighted by molar-refractivity contribution is 5.85. The van der Waals surface area contributed by atoms with Crippen LogP contribution < -0.4 is 5.73 Å². The first-order valence-corrected chi connectivity index (χ1v) is 5.30. The Balaban J connectivity index is 2.63. The van der Waals surface area contributed by atoms with Crippen LogP contribution in [0.4, 0.5) is 4.39 Å². The van der Waals surface area contributed by atoms with E-state index in [-0.39, 0.29) is 5.82 Å². The number of aryl methyl sites for hydroxylation is 1. The quantitative estimate of drug-likeness (QED) is 0.743. The van der Waals surface area contributed by atoms with Crippen LogP contribution in [0.15, 0.2) is 18.2 Å². The minimum Gasteiger partial charge on any atom is -0.388 e. The SMILES string of the molecule is Cc1[nH]c2cccc(F)c2c1C(O)CCN. The van der Waals surface area contributed by atoms with Crippen molar-refractivity contribution in [2.24, 2.45) is 5.73 Å². The summed E-state index contributed by atoms with van der Waals surface area (Å²) in [6.07, 6.45) is -0.280. The lowest BCUT2D eigenvalue weighted by molar-refractivity contribution is 0.171. The van der Waals surface area contributed by atoms with E-state index >= 15 is 0 Å². The number of aromatic nitrogens is 1. The van der Waals surface area contributed by atoms with Crippen LogP contribution in [0.5, 0.6) is 0 Å². The van der Waals surface area contributed by atoms with E-state index in [2.05, 4.69) is 4.98 Å². The summed E-state index contributed by atoms with van der Waals surface area (Å²) in [5.41, 5.74) is 7.53. The molecule has 1 heterocycles. The molecule has 0 aliphatic heterocycles. The van der Waals surface area contributed by atoms with Crippen LogP contribution >= 0.6 is 0 Å². The number of fused-ring (bicyclic) bond motifs is 1. The van der Waals surface area contributed by atoms with E-state index in [0.717, 1.165) is 5.69 Å². The number of benzene rings is 1. The van der Waals surface area contributed by atoms with Crippen LogP contribution in [-0.4, -0.2) is 16.6 Å². The molecule has 0 fully saturated rings. The molecule has 1 aromatic heterocycles. The first-order chi connectivity index (χ1) is 7.65. The highest BCUT2D eigenvalue weighted by Gasteiger charge is 2.18. The van der Waals surface area contributed by atoms with E-state index in [4.69, 9.17) is 5.73 Å². The van der Waals surface area contributed by atoms with Gasteiger partial charge >= 0.3 is 0 Å². The van der Waals surface area contributed by atoms with Crippen molar-refractivity contribution in [3.05, 3.63) is 35.3 Å². The van der Waals surface area contributed by atoms with Gasteiger partial charge < -0.3 is 15.8 Å². The molecule has 3 nitrogen and oxygen atoms in total. The van der Waals surface area contributed by atoms with Crippen molar-refractivity contribution in [2.45, 2.75) is 19.4 Å². The Kier molecular flexibility index (Phi) is 2.94. The number of aliphatic hydroxyl groups excluding tert-OH is 1. The van der Waals surface area contributed by atoms with Gasteiger partial charge in [0.15, 0.2) is 0 Å². The first kappa shape index (κ1) is 11.1. The van der Waals surface area contributed by atoms with Gasteiger partial charge in [0, 0.05) is 22.2 Å². The Morgan fingerprint density at radius 1 is 1.50 bits per heavy atom. The van der Waals surface area contributed by atoms with Gasteiger partial charge in [0.25, 0.3) is 0 Å². The summed E-state index contributed by atoms with van der Waals surface area (Å²) in [7, 11) is 0. The summed E-state index contributed by atoms with van der Waals surface area (Å²) >= 11 is 0. The van der Waals surface area contributed by atoms with Gasteiger partial charge in [-0.2, -0.15) is 0 Å². The van der Waals surface area contributed by atoms with Crippen molar-refractivity contribution in [1.82, 2.24) is 4.98 Å². The van der Waals surface area contributed by atoms with Crippen LogP contribution in [0, 0.1) is 12.7 Å². The molecule has 4 N–H and O–H groups in total. The topological polar surface area (TPSA) is 62.0 Å². The van der Waals surface area contributed by atoms with Crippen molar-refractivity contribution in [2.75, 3.05) is 6.54 Å². The van der Waals surface area contributed by atoms with Crippen molar-refractivity contribution in [3.8, 4) is 0 Å². The fraction of sp³-hybridized carbons (Fsp3) is 0.333. The van der Waals surface area contributed by atoms with E-state index in [1.54, 1.807) is 12.1 Å². The van der Waals surface area contributed by atoms with Gasteiger partial charge in [-0.3, -0.25) is 0 Å². The van der Waals surface area contributed by atoms with E-state index in [1.807, 2.05) is 6.92 Å². The maximum Gasteiger partial charge on any atom is 0.132 e. The molecule has 4 heteroatoms. The molecular formula is C12H15FN2O. The smallest absolute Gasteiger partial charge is 0.132 e. The second kappa shape index (κ2) is 4.23. The number of aromatic amines is 1. The Morgan fingerprint density at radius 2 is 2.25 bits per heavy atom. The van der Waals surface area contributed by atoms with Gasteiger partial charge in [-0.25, -0.2) is 4.39 Å². The number of rotatable bonds is 3. The number of nitrogens with one attached hydrogen (secondary N) is 1. The van der Waals surface area contributed by atoms with E-state index < -0.39 is 6.10 Å². The Bertz CT molecular complexity index is 507. The lowest BCUT2D eigenvalue weighted by Gasteiger charge is -2.09. The third-order valence-corrected chi connectivity index (χ3v) is 2.78. The molecule has 0 amide bonds. The average molecular weight is 222 g/mol. The van der Waals surface area contributed by atoms with Crippen molar-refractivity contribution in [3.63, 3.8) is 0 Å². The molecule has 86 valence electrons. The van der Waals surface area contributed by atoms with Crippen molar-refractivity contribution < 1.29 is 9.50 Å². The lowest BCUT2D eigenvalue weighted by atomic mass is 10.0. The molecule has 0 saturated carbocycles. The maximum absolute atomic E-state index is 13.7. The van der Waals surface area contributed by atoms with Crippen LogP contribution in [-0.2, 0) is 0 Å². The monoisotopic (exact) mass is 222 g/mol. The van der Waals surface area contributed by atoms with Crippen LogP contribution in [0.1, 0.15) is 23.8 Å². The van der Waals surface area contributed by atoms with Crippen LogP contribution in [0.2, 0.25) is 0 Å². The molecule has 1 unspecified atom stereocenters. The molecule has 1 aromatic carbocycles. The third kappa shape index (κ3) is 1.70. The number of nitrogens with two attached hydrogens (primary N) is 1. The molecular weight excluding hydrogens is 207 g/mol. The first-order valence-electron chi connectivity index (χ1n) is 5.30. The highest BCUT2D eigenvalue weighted by atomic mass is 19.1. The number of halogens is 1. The molecule has 0 bridgehead atoms. The van der Waals surface area contributed by atoms with Gasteiger partial charge in [0.1, 0.15) is 5.82 Å². The van der Waals surface area contributed by atoms with Crippen molar-refractivity contribution >= 4 is 10.9 Å². The number of aliphatic hydroxyl groups is 1. The molecule has 2 rings (SSSR count). The largest absolute Gasteiger partial charge is 0.388 e. The van der Waals surface area contributed by atoms with Gasteiger partial charge in [0.05, 0.1) is 6.10 Å². The molecule has 2 aromatic rings. The van der Waals surface area contributed by atoms with Gasteiger partial charge in [-0.15, -0.1) is 0 Å². The number of hydrogen-bond donors (Lipinski definition) is 3. The zero-order valence-corrected chi connectivity index (χ0v) is 9.13. The predicted molar refractivity (Wildman–Crippen MR) is 61.6 cm³/mol. The summed E-state index contributed by atoms with van der Waals surface area (Å²) in [6, 6.07) is 4.84. The average Bonchev–Trinajstić information content (AvgIpc) is 2.56. The Morgan fingerprint density at radius 3 is 2.94 bits per heavy atom. The lowest BCUT2D eigenvalue weighted by Crippen LogP contribution is -2.07. The zero-order chi connectivity index (χ0) is 11.7. The predicted octanol–water partition coefficient (Wildman–Crippen LogP) is 2.00.